The monoisotopic (exact) mass is 370 g/mol. The summed E-state index contributed by atoms with van der Waals surface area (Å²) in [5.74, 6) is 0.261. The van der Waals surface area contributed by atoms with E-state index in [1.165, 1.54) is 0 Å². The van der Waals surface area contributed by atoms with Gasteiger partial charge in [-0.2, -0.15) is 4.98 Å². The number of carbonyl (C=O) groups excluding carboxylic acids is 1. The molecule has 2 aromatic carbocycles. The van der Waals surface area contributed by atoms with E-state index in [9.17, 15) is 4.79 Å². The zero-order chi connectivity index (χ0) is 18.7. The summed E-state index contributed by atoms with van der Waals surface area (Å²) in [6.07, 6.45) is 0. The minimum atomic E-state index is -0.160. The van der Waals surface area contributed by atoms with Crippen molar-refractivity contribution in [3.8, 4) is 11.4 Å². The highest BCUT2D eigenvalue weighted by Gasteiger charge is 2.16. The Hall–Kier alpha value is -2.86. The fraction of sp³-hybridized carbons (Fsp3) is 0.211. The number of anilines is 2. The summed E-state index contributed by atoms with van der Waals surface area (Å²) in [6, 6.07) is 13.3. The van der Waals surface area contributed by atoms with Crippen LogP contribution in [0, 0.1) is 13.8 Å². The van der Waals surface area contributed by atoms with Crippen LogP contribution in [0.25, 0.3) is 11.4 Å². The molecular weight excluding hydrogens is 352 g/mol. The second kappa shape index (κ2) is 7.58. The van der Waals surface area contributed by atoms with Crippen LogP contribution in [-0.4, -0.2) is 29.6 Å². The van der Waals surface area contributed by atoms with Crippen LogP contribution in [0.2, 0.25) is 5.02 Å². The highest BCUT2D eigenvalue weighted by atomic mass is 35.5. The number of hydrogen-bond donors (Lipinski definition) is 1. The number of aryl methyl sites for hydroxylation is 2. The molecule has 0 aliphatic rings. The third-order valence-electron chi connectivity index (χ3n) is 3.95. The van der Waals surface area contributed by atoms with Gasteiger partial charge in [0, 0.05) is 23.3 Å². The van der Waals surface area contributed by atoms with E-state index in [0.717, 1.165) is 22.4 Å². The molecule has 26 heavy (non-hydrogen) atoms. The number of aromatic nitrogens is 2. The number of halogens is 1. The number of amides is 1. The highest BCUT2D eigenvalue weighted by molar-refractivity contribution is 6.30. The van der Waals surface area contributed by atoms with Crippen LogP contribution >= 0.6 is 11.6 Å². The lowest BCUT2D eigenvalue weighted by Crippen LogP contribution is -2.30. The lowest BCUT2D eigenvalue weighted by atomic mass is 10.1. The molecule has 0 aliphatic carbocycles. The van der Waals surface area contributed by atoms with Gasteiger partial charge in [-0.15, -0.1) is 0 Å². The number of hydrogen-bond acceptors (Lipinski definition) is 5. The summed E-state index contributed by atoms with van der Waals surface area (Å²) >= 11 is 5.99. The van der Waals surface area contributed by atoms with E-state index in [4.69, 9.17) is 16.1 Å². The molecule has 1 heterocycles. The van der Waals surface area contributed by atoms with Crippen molar-refractivity contribution >= 4 is 29.2 Å². The van der Waals surface area contributed by atoms with Gasteiger partial charge in [0.15, 0.2) is 0 Å². The van der Waals surface area contributed by atoms with Crippen molar-refractivity contribution < 1.29 is 9.32 Å². The van der Waals surface area contributed by atoms with Crippen LogP contribution < -0.4 is 10.2 Å². The van der Waals surface area contributed by atoms with Gasteiger partial charge >= 0.3 is 6.01 Å². The predicted octanol–water partition coefficient (Wildman–Crippen LogP) is 4.08. The Balaban J connectivity index is 1.68. The summed E-state index contributed by atoms with van der Waals surface area (Å²) in [5.41, 5.74) is 3.61. The Morgan fingerprint density at radius 1 is 1.19 bits per heavy atom. The number of benzene rings is 2. The Morgan fingerprint density at radius 2 is 1.88 bits per heavy atom. The van der Waals surface area contributed by atoms with Crippen molar-refractivity contribution in [2.24, 2.45) is 0 Å². The number of carbonyl (C=O) groups is 1. The topological polar surface area (TPSA) is 71.3 Å². The zero-order valence-corrected chi connectivity index (χ0v) is 15.5. The van der Waals surface area contributed by atoms with Crippen molar-refractivity contribution in [1.29, 1.82) is 0 Å². The van der Waals surface area contributed by atoms with Crippen LogP contribution in [0.15, 0.2) is 47.0 Å². The van der Waals surface area contributed by atoms with E-state index >= 15 is 0 Å². The van der Waals surface area contributed by atoms with Gasteiger partial charge in [0.25, 0.3) is 0 Å². The lowest BCUT2D eigenvalue weighted by Gasteiger charge is -2.15. The number of rotatable bonds is 5. The minimum Gasteiger partial charge on any atom is -0.324 e. The highest BCUT2D eigenvalue weighted by Crippen LogP contribution is 2.23. The molecule has 0 bridgehead atoms. The van der Waals surface area contributed by atoms with Crippen LogP contribution in [0.4, 0.5) is 11.7 Å². The second-order valence-electron chi connectivity index (χ2n) is 6.08. The minimum absolute atomic E-state index is 0.0882. The first kappa shape index (κ1) is 17.9. The van der Waals surface area contributed by atoms with E-state index < -0.39 is 0 Å². The molecule has 1 aromatic heterocycles. The fourth-order valence-electron chi connectivity index (χ4n) is 2.59. The van der Waals surface area contributed by atoms with E-state index in [-0.39, 0.29) is 18.5 Å². The Kier molecular flexibility index (Phi) is 5.23. The van der Waals surface area contributed by atoms with Gasteiger partial charge in [0.05, 0.1) is 0 Å². The van der Waals surface area contributed by atoms with Gasteiger partial charge < -0.3 is 14.7 Å². The van der Waals surface area contributed by atoms with Gasteiger partial charge in [0.1, 0.15) is 6.54 Å². The molecule has 134 valence electrons. The molecule has 1 N–H and O–H groups in total. The molecule has 0 fully saturated rings. The first-order chi connectivity index (χ1) is 12.4. The molecule has 0 aliphatic heterocycles. The molecule has 1 amide bonds. The summed E-state index contributed by atoms with van der Waals surface area (Å²) < 4.78 is 5.26. The van der Waals surface area contributed by atoms with Crippen molar-refractivity contribution in [3.63, 3.8) is 0 Å². The molecule has 0 atom stereocenters. The Labute approximate surface area is 156 Å². The van der Waals surface area contributed by atoms with Gasteiger partial charge in [0.2, 0.25) is 11.7 Å². The van der Waals surface area contributed by atoms with Gasteiger partial charge in [-0.05, 0) is 37.1 Å². The molecule has 6 nitrogen and oxygen atoms in total. The van der Waals surface area contributed by atoms with E-state index in [2.05, 4.69) is 15.5 Å². The number of nitrogens with one attached hydrogen (secondary N) is 1. The first-order valence-electron chi connectivity index (χ1n) is 8.11. The Morgan fingerprint density at radius 3 is 2.58 bits per heavy atom. The molecule has 0 saturated heterocycles. The largest absolute Gasteiger partial charge is 0.324 e. The van der Waals surface area contributed by atoms with E-state index in [1.54, 1.807) is 24.1 Å². The Bertz CT molecular complexity index is 919. The van der Waals surface area contributed by atoms with Crippen molar-refractivity contribution in [2.75, 3.05) is 23.8 Å². The number of nitrogens with zero attached hydrogens (tertiary/aromatic N) is 3. The third kappa shape index (κ3) is 4.03. The molecule has 3 rings (SSSR count). The lowest BCUT2D eigenvalue weighted by molar-refractivity contribution is -0.115. The van der Waals surface area contributed by atoms with Gasteiger partial charge in [-0.25, -0.2) is 0 Å². The maximum Gasteiger partial charge on any atom is 0.324 e. The van der Waals surface area contributed by atoms with Crippen LogP contribution in [0.3, 0.4) is 0 Å². The molecule has 3 aromatic rings. The second-order valence-corrected chi connectivity index (χ2v) is 6.52. The molecule has 0 radical (unpaired) electrons. The van der Waals surface area contributed by atoms with Crippen LogP contribution in [0.1, 0.15) is 11.1 Å². The average Bonchev–Trinajstić information content (AvgIpc) is 3.08. The summed E-state index contributed by atoms with van der Waals surface area (Å²) in [7, 11) is 1.72. The normalized spacial score (nSPS) is 10.6. The zero-order valence-electron chi connectivity index (χ0n) is 14.8. The fourth-order valence-corrected chi connectivity index (χ4v) is 2.78. The standard InChI is InChI=1S/C19H19ClN4O2/c1-12-6-4-7-13(2)17(12)21-16(25)11-24(3)19-22-18(23-26-19)14-8-5-9-15(20)10-14/h4-10H,11H2,1-3H3,(H,21,25). The maximum atomic E-state index is 12.4. The first-order valence-corrected chi connectivity index (χ1v) is 8.48. The molecule has 0 unspecified atom stereocenters. The van der Waals surface area contributed by atoms with Gasteiger partial charge in [-0.1, -0.05) is 47.1 Å². The van der Waals surface area contributed by atoms with E-state index in [0.29, 0.717) is 10.8 Å². The van der Waals surface area contributed by atoms with Gasteiger partial charge in [-0.3, -0.25) is 4.79 Å². The third-order valence-corrected chi connectivity index (χ3v) is 4.19. The SMILES string of the molecule is Cc1cccc(C)c1NC(=O)CN(C)c1nc(-c2cccc(Cl)c2)no1. The number of likely N-dealkylation sites (N-methyl/N-ethyl adjacent to an activating group) is 1. The average molecular weight is 371 g/mol. The molecular formula is C19H19ClN4O2. The van der Waals surface area contributed by atoms with Crippen LogP contribution in [-0.2, 0) is 4.79 Å². The number of para-hydroxylation sites is 1. The summed E-state index contributed by atoms with van der Waals surface area (Å²) in [4.78, 5) is 18.3. The van der Waals surface area contributed by atoms with Crippen molar-refractivity contribution in [1.82, 2.24) is 10.1 Å². The quantitative estimate of drug-likeness (QED) is 0.732. The predicted molar refractivity (Wildman–Crippen MR) is 103 cm³/mol. The maximum absolute atomic E-state index is 12.4. The molecule has 0 spiro atoms. The molecule has 0 saturated carbocycles. The summed E-state index contributed by atoms with van der Waals surface area (Å²) in [5, 5.41) is 7.48. The molecule has 7 heteroatoms. The summed E-state index contributed by atoms with van der Waals surface area (Å²) in [6.45, 7) is 4.01. The van der Waals surface area contributed by atoms with Crippen molar-refractivity contribution in [2.45, 2.75) is 13.8 Å². The van der Waals surface area contributed by atoms with Crippen LogP contribution in [0.5, 0.6) is 0 Å². The van der Waals surface area contributed by atoms with Crippen molar-refractivity contribution in [3.05, 3.63) is 58.6 Å². The van der Waals surface area contributed by atoms with E-state index in [1.807, 2.05) is 44.2 Å². The smallest absolute Gasteiger partial charge is 0.324 e.